The van der Waals surface area contributed by atoms with E-state index in [-0.39, 0.29) is 17.0 Å². The van der Waals surface area contributed by atoms with E-state index in [4.69, 9.17) is 39.0 Å². The molecule has 7 heterocycles. The van der Waals surface area contributed by atoms with Crippen LogP contribution in [0.25, 0.3) is 11.2 Å². The van der Waals surface area contributed by atoms with Gasteiger partial charge >= 0.3 is 15.6 Å². The molecule has 2 aromatic rings. The van der Waals surface area contributed by atoms with Crippen molar-refractivity contribution >= 4 is 44.9 Å². The molecule has 14 atom stereocenters. The Bertz CT molecular complexity index is 1660. The maximum Gasteiger partial charge on any atom is 0.473 e. The molecule has 0 aromatic carbocycles. The Morgan fingerprint density at radius 1 is 1.07 bits per heavy atom. The molecule has 7 rings (SSSR count). The average molecular weight is 694 g/mol. The highest BCUT2D eigenvalue weighted by Crippen LogP contribution is 2.54. The second-order valence-electron chi connectivity index (χ2n) is 11.0. The molecule has 4 saturated heterocycles. The van der Waals surface area contributed by atoms with Crippen LogP contribution in [0, 0.1) is 0 Å². The van der Waals surface area contributed by atoms with Crippen molar-refractivity contribution in [2.45, 2.75) is 80.7 Å². The molecule has 0 saturated carbocycles. The Labute approximate surface area is 257 Å². The van der Waals surface area contributed by atoms with Crippen molar-refractivity contribution < 1.29 is 60.8 Å². The Morgan fingerprint density at radius 3 is 2.61 bits per heavy atom. The minimum Gasteiger partial charge on any atom is -0.387 e. The maximum absolute atomic E-state index is 15.9. The summed E-state index contributed by atoms with van der Waals surface area (Å²) >= 11 is 0. The number of ether oxygens (including phenoxy) is 2. The molecule has 5 aliphatic rings. The van der Waals surface area contributed by atoms with Gasteiger partial charge in [-0.25, -0.2) is 28.5 Å². The minimum atomic E-state index is -5.20. The third-order valence-corrected chi connectivity index (χ3v) is 10.1. The number of nitrogens with one attached hydrogen (secondary N) is 2. The monoisotopic (exact) mass is 694 g/mol. The van der Waals surface area contributed by atoms with Gasteiger partial charge in [0.05, 0.1) is 25.4 Å². The number of aliphatic imine (C=N–C) groups is 1. The number of nitrogens with two attached hydrogens (primary N) is 2. The number of carbonyl (C=O) groups excluding carboxylic acids is 1. The molecule has 1 amide bonds. The number of nitrogens with zero attached hydrogens (tertiary/aromatic N) is 6. The van der Waals surface area contributed by atoms with E-state index in [2.05, 4.69) is 30.6 Å². The Balaban J connectivity index is 1.20. The average Bonchev–Trinajstić information content (AvgIpc) is 3.73. The van der Waals surface area contributed by atoms with Crippen molar-refractivity contribution in [1.29, 1.82) is 0 Å². The van der Waals surface area contributed by atoms with Crippen molar-refractivity contribution in [3.8, 4) is 0 Å². The molecule has 4 bridgehead atoms. The molecule has 5 unspecified atom stereocenters. The molecule has 0 spiro atoms. The summed E-state index contributed by atoms with van der Waals surface area (Å²) in [7, 11) is -10.3. The second kappa shape index (κ2) is 11.4. The number of hydrogen-bond acceptors (Lipinski definition) is 18. The summed E-state index contributed by atoms with van der Waals surface area (Å²) in [5.41, 5.74) is 11.9. The van der Waals surface area contributed by atoms with Crippen LogP contribution in [0.3, 0.4) is 0 Å². The number of phosphoric ester groups is 2. The molecule has 22 nitrogen and oxygen atoms in total. The first-order chi connectivity index (χ1) is 21.7. The SMILES string of the molecule is C[C@@H]1OP(=O)(O)O[C@@H]2[C@H](F)[C@@H](COP(=O)(O)O[C@@H]3[C@H](O)[C@@H]1O[C@H]3n1cnc3c(N)ncnc31)O[C@H]2N1C=NC2C(=O)NC(N)NC21. The fourth-order valence-corrected chi connectivity index (χ4v) is 8.03. The van der Waals surface area contributed by atoms with E-state index in [9.17, 15) is 28.8 Å². The summed E-state index contributed by atoms with van der Waals surface area (Å²) in [6.45, 7) is 0.314. The van der Waals surface area contributed by atoms with Gasteiger partial charge in [-0.2, -0.15) is 0 Å². The van der Waals surface area contributed by atoms with E-state index in [1.165, 1.54) is 22.7 Å². The molecule has 46 heavy (non-hydrogen) atoms. The summed E-state index contributed by atoms with van der Waals surface area (Å²) in [6, 6.07) is -1.03. The van der Waals surface area contributed by atoms with Gasteiger partial charge in [0, 0.05) is 0 Å². The fourth-order valence-electron chi connectivity index (χ4n) is 5.98. The van der Waals surface area contributed by atoms with E-state index in [0.29, 0.717) is 0 Å². The van der Waals surface area contributed by atoms with Crippen LogP contribution >= 0.6 is 15.6 Å². The zero-order chi connectivity index (χ0) is 32.7. The molecule has 5 aliphatic heterocycles. The van der Waals surface area contributed by atoms with Gasteiger partial charge in [0.2, 0.25) is 0 Å². The number of aliphatic hydroxyl groups excluding tert-OH is 1. The van der Waals surface area contributed by atoms with Crippen molar-refractivity contribution in [2.24, 2.45) is 10.7 Å². The first-order valence-corrected chi connectivity index (χ1v) is 16.8. The van der Waals surface area contributed by atoms with E-state index in [1.54, 1.807) is 0 Å². The molecule has 9 N–H and O–H groups in total. The summed E-state index contributed by atoms with van der Waals surface area (Å²) in [5.74, 6) is -0.536. The lowest BCUT2D eigenvalue weighted by atomic mass is 10.1. The number of aliphatic hydroxyl groups is 1. The number of nitrogen functional groups attached to an aromatic ring is 1. The summed E-state index contributed by atoms with van der Waals surface area (Å²) in [5, 5.41) is 16.5. The number of aromatic nitrogens is 4. The van der Waals surface area contributed by atoms with Crippen LogP contribution in [0.2, 0.25) is 0 Å². The molecular formula is C21H29FN10O12P2. The molecule has 2 aromatic heterocycles. The highest BCUT2D eigenvalue weighted by molar-refractivity contribution is 7.47. The normalized spacial score (nSPS) is 46.3. The molecule has 0 aliphatic carbocycles. The number of imidazole rings is 1. The van der Waals surface area contributed by atoms with Crippen LogP contribution < -0.4 is 22.1 Å². The molecule has 4 fully saturated rings. The Hall–Kier alpha value is -2.76. The second-order valence-corrected chi connectivity index (χ2v) is 13.8. The third kappa shape index (κ3) is 5.49. The molecule has 252 valence electrons. The summed E-state index contributed by atoms with van der Waals surface area (Å²) < 4.78 is 76.4. The quantitative estimate of drug-likeness (QED) is 0.155. The van der Waals surface area contributed by atoms with Crippen LogP contribution in [0.15, 0.2) is 17.6 Å². The lowest BCUT2D eigenvalue weighted by Crippen LogP contribution is -2.70. The van der Waals surface area contributed by atoms with Crippen molar-refractivity contribution in [3.05, 3.63) is 12.7 Å². The smallest absolute Gasteiger partial charge is 0.387 e. The number of phosphoric acid groups is 2. The number of alkyl halides is 1. The molecule has 0 radical (unpaired) electrons. The van der Waals surface area contributed by atoms with E-state index >= 15 is 4.39 Å². The maximum atomic E-state index is 15.9. The number of fused-ring (bicyclic) bond motifs is 6. The van der Waals surface area contributed by atoms with Crippen molar-refractivity contribution in [1.82, 2.24) is 35.1 Å². The van der Waals surface area contributed by atoms with Gasteiger partial charge in [-0.15, -0.1) is 0 Å². The standard InChI is InChI=1S/C21H29FN10O12P2/c1-6-12-11(33)14(20(41-12)31-4-27-9-15(23)25-3-26-16(9)31)44-45(35,36)39-2-7-8(22)13(43-46(37,38)42-6)19(40-7)32-5-28-10-17(32)29-21(24)30-18(10)34/h3-8,10-14,17,19-21,29,33H,2,24H2,1H3,(H,30,34)(H,35,36)(H,37,38)(H2,23,25,26)/t6-,7+,8+,10?,11+,12+,13+,14+,17?,19+,20+,21?/m0/s1. The van der Waals surface area contributed by atoms with Crippen LogP contribution in [0.4, 0.5) is 10.2 Å². The largest absolute Gasteiger partial charge is 0.473 e. The van der Waals surface area contributed by atoms with Crippen LogP contribution in [0.5, 0.6) is 0 Å². The van der Waals surface area contributed by atoms with Crippen LogP contribution in [-0.4, -0.2) is 126 Å². The number of amides is 1. The van der Waals surface area contributed by atoms with Gasteiger partial charge in [-0.05, 0) is 6.92 Å². The van der Waals surface area contributed by atoms with Gasteiger partial charge in [0.15, 0.2) is 36.1 Å². The lowest BCUT2D eigenvalue weighted by molar-refractivity contribution is -0.131. The predicted octanol–water partition coefficient (Wildman–Crippen LogP) is -2.86. The van der Waals surface area contributed by atoms with E-state index < -0.39 is 102 Å². The van der Waals surface area contributed by atoms with Gasteiger partial charge in [0.1, 0.15) is 54.8 Å². The highest BCUT2D eigenvalue weighted by atomic mass is 31.2. The predicted molar refractivity (Wildman–Crippen MR) is 146 cm³/mol. The van der Waals surface area contributed by atoms with Gasteiger partial charge in [-0.3, -0.25) is 43.5 Å². The number of rotatable bonds is 2. The third-order valence-electron chi connectivity index (χ3n) is 8.04. The number of anilines is 1. The van der Waals surface area contributed by atoms with Crippen molar-refractivity contribution in [2.75, 3.05) is 12.3 Å². The zero-order valence-electron chi connectivity index (χ0n) is 23.5. The van der Waals surface area contributed by atoms with Gasteiger partial charge in [-0.1, -0.05) is 0 Å². The lowest BCUT2D eigenvalue weighted by Gasteiger charge is -2.39. The zero-order valence-corrected chi connectivity index (χ0v) is 25.3. The van der Waals surface area contributed by atoms with Gasteiger partial charge in [0.25, 0.3) is 5.91 Å². The van der Waals surface area contributed by atoms with Gasteiger partial charge < -0.3 is 40.3 Å². The summed E-state index contributed by atoms with van der Waals surface area (Å²) in [6.07, 6.45) is -13.7. The topological polar surface area (TPSA) is 303 Å². The Morgan fingerprint density at radius 2 is 1.83 bits per heavy atom. The van der Waals surface area contributed by atoms with E-state index in [1.807, 2.05) is 0 Å². The number of hydrogen-bond donors (Lipinski definition) is 7. The Kier molecular flexibility index (Phi) is 7.91. The number of carbonyl (C=O) groups is 1. The highest BCUT2D eigenvalue weighted by Gasteiger charge is 2.58. The number of halogens is 1. The summed E-state index contributed by atoms with van der Waals surface area (Å²) in [4.78, 5) is 51.3. The minimum absolute atomic E-state index is 0.0103. The molecular weight excluding hydrogens is 665 g/mol. The fraction of sp³-hybridized carbons (Fsp3) is 0.667. The first-order valence-electron chi connectivity index (χ1n) is 13.8. The first kappa shape index (κ1) is 31.8. The van der Waals surface area contributed by atoms with Crippen molar-refractivity contribution in [3.63, 3.8) is 0 Å². The van der Waals surface area contributed by atoms with Crippen LogP contribution in [0.1, 0.15) is 13.2 Å². The molecule has 25 heteroatoms. The van der Waals surface area contributed by atoms with Crippen LogP contribution in [-0.2, 0) is 41.5 Å². The van der Waals surface area contributed by atoms with E-state index in [0.717, 1.165) is 12.7 Å².